The van der Waals surface area contributed by atoms with Crippen molar-refractivity contribution in [2.24, 2.45) is 23.5 Å². The smallest absolute Gasteiger partial charge is 0.223 e. The molecule has 0 unspecified atom stereocenters. The van der Waals surface area contributed by atoms with Gasteiger partial charge in [0.15, 0.2) is 0 Å². The number of hydrogen-bond donors (Lipinski definition) is 3. The third kappa shape index (κ3) is 6.07. The molecule has 1 saturated carbocycles. The Labute approximate surface area is 142 Å². The van der Waals surface area contributed by atoms with Crippen LogP contribution < -0.4 is 11.1 Å². The van der Waals surface area contributed by atoms with Gasteiger partial charge in [-0.25, -0.2) is 0 Å². The van der Waals surface area contributed by atoms with Gasteiger partial charge < -0.3 is 16.2 Å². The molecule has 3 atom stereocenters. The van der Waals surface area contributed by atoms with Gasteiger partial charge in [0.25, 0.3) is 0 Å². The highest BCUT2D eigenvalue weighted by Gasteiger charge is 2.38. The van der Waals surface area contributed by atoms with Crippen LogP contribution in [0.25, 0.3) is 0 Å². The molecule has 0 aromatic heterocycles. The molecule has 1 aliphatic rings. The first-order valence-electron chi connectivity index (χ1n) is 9.56. The topological polar surface area (TPSA) is 75.3 Å². The first-order valence-corrected chi connectivity index (χ1v) is 9.56. The monoisotopic (exact) mass is 326 g/mol. The van der Waals surface area contributed by atoms with E-state index in [0.717, 1.165) is 45.1 Å². The van der Waals surface area contributed by atoms with E-state index < -0.39 is 6.10 Å². The number of carbonyl (C=O) groups excluding carboxylic acids is 1. The molecule has 4 heteroatoms. The molecule has 0 saturated heterocycles. The molecule has 1 amide bonds. The Morgan fingerprint density at radius 1 is 1.22 bits per heavy atom. The lowest BCUT2D eigenvalue weighted by molar-refractivity contribution is -0.128. The van der Waals surface area contributed by atoms with Crippen LogP contribution in [0.3, 0.4) is 0 Å². The average Bonchev–Trinajstić information content (AvgIpc) is 2.52. The summed E-state index contributed by atoms with van der Waals surface area (Å²) in [7, 11) is 0. The molecule has 4 nitrogen and oxygen atoms in total. The van der Waals surface area contributed by atoms with Crippen LogP contribution in [0.2, 0.25) is 0 Å². The number of hydrogen-bond acceptors (Lipinski definition) is 3. The highest BCUT2D eigenvalue weighted by molar-refractivity contribution is 5.78. The van der Waals surface area contributed by atoms with Gasteiger partial charge in [0.2, 0.25) is 5.91 Å². The molecule has 23 heavy (non-hydrogen) atoms. The zero-order valence-corrected chi connectivity index (χ0v) is 15.6. The Hall–Kier alpha value is -0.610. The highest BCUT2D eigenvalue weighted by atomic mass is 16.3. The number of carbonyl (C=O) groups is 1. The van der Waals surface area contributed by atoms with Crippen molar-refractivity contribution in [2.75, 3.05) is 6.54 Å². The minimum atomic E-state index is -0.512. The van der Waals surface area contributed by atoms with Crippen LogP contribution in [-0.2, 0) is 4.79 Å². The van der Waals surface area contributed by atoms with E-state index in [-0.39, 0.29) is 29.2 Å². The summed E-state index contributed by atoms with van der Waals surface area (Å²) in [4.78, 5) is 12.4. The maximum absolute atomic E-state index is 12.4. The lowest BCUT2D eigenvalue weighted by atomic mass is 9.70. The molecule has 0 aromatic carbocycles. The number of nitrogens with one attached hydrogen (secondary N) is 1. The van der Waals surface area contributed by atoms with Gasteiger partial charge in [0.05, 0.1) is 6.10 Å². The van der Waals surface area contributed by atoms with Gasteiger partial charge in [-0.15, -0.1) is 0 Å². The minimum Gasteiger partial charge on any atom is -0.393 e. The molecule has 0 spiro atoms. The normalized spacial score (nSPS) is 21.7. The van der Waals surface area contributed by atoms with Gasteiger partial charge in [-0.05, 0) is 37.5 Å². The number of aliphatic hydroxyl groups excluding tert-OH is 1. The Morgan fingerprint density at radius 2 is 1.83 bits per heavy atom. The van der Waals surface area contributed by atoms with E-state index >= 15 is 0 Å². The van der Waals surface area contributed by atoms with Crippen molar-refractivity contribution in [1.29, 1.82) is 0 Å². The summed E-state index contributed by atoms with van der Waals surface area (Å²) in [5, 5.41) is 13.7. The zero-order chi connectivity index (χ0) is 17.5. The molecule has 1 rings (SSSR count). The molecule has 0 radical (unpaired) electrons. The van der Waals surface area contributed by atoms with Crippen LogP contribution in [0.15, 0.2) is 0 Å². The summed E-state index contributed by atoms with van der Waals surface area (Å²) >= 11 is 0. The molecule has 4 N–H and O–H groups in total. The number of nitrogens with two attached hydrogens (primary N) is 1. The summed E-state index contributed by atoms with van der Waals surface area (Å²) in [6.45, 7) is 9.01. The first kappa shape index (κ1) is 20.4. The lowest BCUT2D eigenvalue weighted by Crippen LogP contribution is -2.52. The van der Waals surface area contributed by atoms with Crippen LogP contribution in [0.1, 0.15) is 79.1 Å². The van der Waals surface area contributed by atoms with Crippen LogP contribution in [-0.4, -0.2) is 29.2 Å². The van der Waals surface area contributed by atoms with Crippen molar-refractivity contribution < 1.29 is 9.90 Å². The zero-order valence-electron chi connectivity index (χ0n) is 15.6. The van der Waals surface area contributed by atoms with Crippen molar-refractivity contribution in [3.05, 3.63) is 0 Å². The molecule has 1 fully saturated rings. The molecular formula is C19H38N2O2. The van der Waals surface area contributed by atoms with E-state index in [4.69, 9.17) is 5.73 Å². The van der Waals surface area contributed by atoms with Crippen molar-refractivity contribution >= 4 is 5.91 Å². The standard InChI is InChI=1S/C19H38N2O2/c1-5-6-12-21-18(23)16(14(2)3)13-17(22)15(4)19(20)10-8-7-9-11-19/h14-17,22H,5-13,20H2,1-4H3,(H,21,23)/t15-,16+,17+/m1/s1. The Morgan fingerprint density at radius 3 is 2.35 bits per heavy atom. The van der Waals surface area contributed by atoms with Crippen molar-refractivity contribution in [2.45, 2.75) is 90.7 Å². The Balaban J connectivity index is 2.62. The fourth-order valence-electron chi connectivity index (χ4n) is 3.71. The SMILES string of the molecule is CCCCNC(=O)[C@@H](C[C@H](O)[C@@H](C)C1(N)CCCCC1)C(C)C. The maximum atomic E-state index is 12.4. The van der Waals surface area contributed by atoms with E-state index in [1.54, 1.807) is 0 Å². The van der Waals surface area contributed by atoms with Gasteiger partial charge in [0, 0.05) is 18.0 Å². The van der Waals surface area contributed by atoms with Crippen LogP contribution >= 0.6 is 0 Å². The van der Waals surface area contributed by atoms with Gasteiger partial charge >= 0.3 is 0 Å². The predicted octanol–water partition coefficient (Wildman–Crippen LogP) is 3.22. The molecule has 0 heterocycles. The van der Waals surface area contributed by atoms with Crippen molar-refractivity contribution in [3.8, 4) is 0 Å². The minimum absolute atomic E-state index is 0.0347. The lowest BCUT2D eigenvalue weighted by Gasteiger charge is -2.41. The molecular weight excluding hydrogens is 288 g/mol. The third-order valence-electron chi connectivity index (χ3n) is 5.73. The van der Waals surface area contributed by atoms with Crippen molar-refractivity contribution in [3.63, 3.8) is 0 Å². The molecule has 136 valence electrons. The average molecular weight is 327 g/mol. The van der Waals surface area contributed by atoms with Crippen LogP contribution in [0.4, 0.5) is 0 Å². The van der Waals surface area contributed by atoms with E-state index in [1.807, 2.05) is 0 Å². The summed E-state index contributed by atoms with van der Waals surface area (Å²) in [5.74, 6) is 0.192. The molecule has 1 aliphatic carbocycles. The van der Waals surface area contributed by atoms with E-state index in [0.29, 0.717) is 6.42 Å². The fourth-order valence-corrected chi connectivity index (χ4v) is 3.71. The first-order chi connectivity index (χ1) is 10.8. The fraction of sp³-hybridized carbons (Fsp3) is 0.947. The predicted molar refractivity (Wildman–Crippen MR) is 96.0 cm³/mol. The number of rotatable bonds is 9. The van der Waals surface area contributed by atoms with Gasteiger partial charge in [-0.1, -0.05) is 53.4 Å². The van der Waals surface area contributed by atoms with Crippen LogP contribution in [0.5, 0.6) is 0 Å². The third-order valence-corrected chi connectivity index (χ3v) is 5.73. The van der Waals surface area contributed by atoms with E-state index in [2.05, 4.69) is 33.0 Å². The van der Waals surface area contributed by atoms with Crippen LogP contribution in [0, 0.1) is 17.8 Å². The summed E-state index contributed by atoms with van der Waals surface area (Å²) < 4.78 is 0. The largest absolute Gasteiger partial charge is 0.393 e. The number of aliphatic hydroxyl groups is 1. The second kappa shape index (κ2) is 9.63. The highest BCUT2D eigenvalue weighted by Crippen LogP contribution is 2.35. The molecule has 0 aromatic rings. The van der Waals surface area contributed by atoms with Gasteiger partial charge in [-0.3, -0.25) is 4.79 Å². The molecule has 0 bridgehead atoms. The number of amides is 1. The molecule has 0 aliphatic heterocycles. The number of unbranched alkanes of at least 4 members (excludes halogenated alkanes) is 1. The van der Waals surface area contributed by atoms with E-state index in [9.17, 15) is 9.90 Å². The maximum Gasteiger partial charge on any atom is 0.223 e. The second-order valence-corrected chi connectivity index (χ2v) is 7.88. The summed E-state index contributed by atoms with van der Waals surface area (Å²) in [5.41, 5.74) is 6.30. The van der Waals surface area contributed by atoms with Gasteiger partial charge in [0.1, 0.15) is 0 Å². The summed E-state index contributed by atoms with van der Waals surface area (Å²) in [6.07, 6.45) is 7.59. The second-order valence-electron chi connectivity index (χ2n) is 7.88. The van der Waals surface area contributed by atoms with Crippen molar-refractivity contribution in [1.82, 2.24) is 5.32 Å². The van der Waals surface area contributed by atoms with Gasteiger partial charge in [-0.2, -0.15) is 0 Å². The summed E-state index contributed by atoms with van der Waals surface area (Å²) in [6, 6.07) is 0. The quantitative estimate of drug-likeness (QED) is 0.569. The Bertz CT molecular complexity index is 351. The van der Waals surface area contributed by atoms with E-state index in [1.165, 1.54) is 6.42 Å². The Kier molecular flexibility index (Phi) is 8.56.